The van der Waals surface area contributed by atoms with Crippen LogP contribution in [0.2, 0.25) is 0 Å². The maximum atomic E-state index is 8.88. The summed E-state index contributed by atoms with van der Waals surface area (Å²) in [4.78, 5) is 21.6. The van der Waals surface area contributed by atoms with Crippen molar-refractivity contribution in [3.05, 3.63) is 0 Å². The Balaban J connectivity index is -0.00000000762. The zero-order chi connectivity index (χ0) is 9.00. The van der Waals surface area contributed by atoms with Gasteiger partial charge in [-0.25, -0.2) is 4.57 Å². The Labute approximate surface area is 132 Å². The molecule has 80 valence electrons. The van der Waals surface area contributed by atoms with Crippen molar-refractivity contribution in [3.8, 4) is 0 Å². The predicted molar refractivity (Wildman–Crippen MR) is 51.6 cm³/mol. The van der Waals surface area contributed by atoms with Gasteiger partial charge in [0.25, 0.3) is 0 Å². The third-order valence-electron chi connectivity index (χ3n) is 0. The van der Waals surface area contributed by atoms with Crippen LogP contribution in [-0.4, -0.2) is 93.0 Å². The van der Waals surface area contributed by atoms with Crippen LogP contribution in [0.3, 0.4) is 0 Å². The second-order valence-corrected chi connectivity index (χ2v) is 2.88. The van der Waals surface area contributed by atoms with Crippen molar-refractivity contribution < 1.29 is 42.5 Å². The summed E-state index contributed by atoms with van der Waals surface area (Å²) in [6.07, 6.45) is 0. The SMILES string of the molecule is Cl.O=P(O)(O)O.O=S(=O)(O)O.[Ca+2].[H-].[H-].[H-].[H-].[Mg+2]. The minimum atomic E-state index is -4.67. The van der Waals surface area contributed by atoms with Crippen LogP contribution in [0.15, 0.2) is 0 Å². The number of rotatable bonds is 0. The third-order valence-corrected chi connectivity index (χ3v) is 0. The molecule has 0 fully saturated rings. The predicted octanol–water partition coefficient (Wildman–Crippen LogP) is -1.47. The Morgan fingerprint density at radius 3 is 1.08 bits per heavy atom. The van der Waals surface area contributed by atoms with Crippen LogP contribution in [-0.2, 0) is 15.0 Å². The zero-order valence-corrected chi connectivity index (χ0v) is 12.3. The number of hydrogen-bond donors (Lipinski definition) is 5. The number of phosphoric acid groups is 1. The fourth-order valence-electron chi connectivity index (χ4n) is 0. The standard InChI is InChI=1S/Ca.ClH.Mg.H3O4P.H2O4S.4H/c;;;2*1-5(2,3)4;;;;/h;1H;;(H3,1,2,3,4);(H2,1,2,3,4);;;;/q+2;;+2;;;4*-1. The van der Waals surface area contributed by atoms with Gasteiger partial charge in [-0.05, 0) is 0 Å². The van der Waals surface area contributed by atoms with E-state index in [2.05, 4.69) is 0 Å². The Bertz CT molecular complexity index is 215. The molecule has 0 aromatic rings. The normalized spacial score (nSPS) is 9.00. The maximum absolute atomic E-state index is 8.88. The third kappa shape index (κ3) is 410. The minimum Gasteiger partial charge on any atom is -1.00 e. The average Bonchev–Trinajstić information content (AvgIpc) is 1.12. The second-order valence-electron chi connectivity index (χ2n) is 0.961. The molecule has 0 spiro atoms. The van der Waals surface area contributed by atoms with Crippen LogP contribution in [0.25, 0.3) is 0 Å². The first-order valence-electron chi connectivity index (χ1n) is 1.48. The molecule has 0 saturated carbocycles. The van der Waals surface area contributed by atoms with E-state index in [0.717, 1.165) is 0 Å². The summed E-state index contributed by atoms with van der Waals surface area (Å²) in [5.74, 6) is 0. The van der Waals surface area contributed by atoms with Gasteiger partial charge in [0, 0.05) is 0 Å². The van der Waals surface area contributed by atoms with Crippen LogP contribution < -0.4 is 0 Å². The molecular formula is H10CaClMgO8PS. The molecule has 13 heteroatoms. The average molecular weight is 301 g/mol. The molecule has 0 rings (SSSR count). The molecule has 13 heavy (non-hydrogen) atoms. The topological polar surface area (TPSA) is 152 Å². The van der Waals surface area contributed by atoms with Crippen molar-refractivity contribution in [2.75, 3.05) is 0 Å². The summed E-state index contributed by atoms with van der Waals surface area (Å²) >= 11 is 0. The van der Waals surface area contributed by atoms with Gasteiger partial charge in [-0.15, -0.1) is 12.4 Å². The van der Waals surface area contributed by atoms with Gasteiger partial charge in [0.1, 0.15) is 0 Å². The molecule has 0 unspecified atom stereocenters. The minimum absolute atomic E-state index is 0. The van der Waals surface area contributed by atoms with Gasteiger partial charge in [0.2, 0.25) is 0 Å². The van der Waals surface area contributed by atoms with Crippen LogP contribution in [0.1, 0.15) is 5.71 Å². The second kappa shape index (κ2) is 12.4. The molecule has 8 nitrogen and oxygen atoms in total. The molecule has 0 atom stereocenters. The number of hydrogen-bond acceptors (Lipinski definition) is 3. The summed E-state index contributed by atoms with van der Waals surface area (Å²) in [5.41, 5.74) is 0. The Morgan fingerprint density at radius 2 is 1.08 bits per heavy atom. The molecule has 0 aromatic carbocycles. The van der Waals surface area contributed by atoms with Gasteiger partial charge >= 0.3 is 79.0 Å². The summed E-state index contributed by atoms with van der Waals surface area (Å²) in [6, 6.07) is 0. The van der Waals surface area contributed by atoms with Crippen LogP contribution in [0.4, 0.5) is 0 Å². The van der Waals surface area contributed by atoms with Crippen molar-refractivity contribution >= 4 is 91.4 Å². The van der Waals surface area contributed by atoms with E-state index in [4.69, 9.17) is 36.8 Å². The molecule has 0 aliphatic heterocycles. The van der Waals surface area contributed by atoms with Crippen molar-refractivity contribution in [1.29, 1.82) is 0 Å². The van der Waals surface area contributed by atoms with E-state index in [9.17, 15) is 0 Å². The Morgan fingerprint density at radius 1 is 1.08 bits per heavy atom. The molecule has 5 N–H and O–H groups in total. The molecule has 0 aliphatic carbocycles. The van der Waals surface area contributed by atoms with Crippen LogP contribution in [0.5, 0.6) is 0 Å². The molecule has 0 amide bonds. The van der Waals surface area contributed by atoms with Crippen LogP contribution >= 0.6 is 20.2 Å². The van der Waals surface area contributed by atoms with Gasteiger partial charge in [0.15, 0.2) is 0 Å². The fraction of sp³-hybridized carbons (Fsp3) is 0. The first kappa shape index (κ1) is 29.5. The van der Waals surface area contributed by atoms with E-state index >= 15 is 0 Å². The molecule has 0 aliphatic rings. The molecule has 0 aromatic heterocycles. The first-order valence-corrected chi connectivity index (χ1v) is 4.44. The quantitative estimate of drug-likeness (QED) is 0.206. The van der Waals surface area contributed by atoms with Crippen molar-refractivity contribution in [2.24, 2.45) is 0 Å². The van der Waals surface area contributed by atoms with Crippen LogP contribution in [0, 0.1) is 0 Å². The van der Waals surface area contributed by atoms with Gasteiger partial charge < -0.3 is 20.4 Å². The zero-order valence-electron chi connectivity index (χ0n) is 10.1. The Hall–Kier alpha value is 2.30. The van der Waals surface area contributed by atoms with Crippen molar-refractivity contribution in [1.82, 2.24) is 0 Å². The van der Waals surface area contributed by atoms with E-state index in [0.29, 0.717) is 0 Å². The summed E-state index contributed by atoms with van der Waals surface area (Å²) in [5, 5.41) is 0. The fourth-order valence-corrected chi connectivity index (χ4v) is 0. The van der Waals surface area contributed by atoms with E-state index in [-0.39, 0.29) is 78.9 Å². The summed E-state index contributed by atoms with van der Waals surface area (Å²) in [7, 11) is -9.31. The molecule has 0 bridgehead atoms. The smallest absolute Gasteiger partial charge is 1.00 e. The van der Waals surface area contributed by atoms with Gasteiger partial charge in [-0.2, -0.15) is 8.42 Å². The van der Waals surface area contributed by atoms with Crippen molar-refractivity contribution in [3.63, 3.8) is 0 Å². The van der Waals surface area contributed by atoms with E-state index in [1.54, 1.807) is 0 Å². The van der Waals surface area contributed by atoms with Gasteiger partial charge in [0.05, 0.1) is 0 Å². The largest absolute Gasteiger partial charge is 2.00 e. The van der Waals surface area contributed by atoms with Gasteiger partial charge in [-0.3, -0.25) is 9.11 Å². The molecule has 0 heterocycles. The molecule has 0 saturated heterocycles. The Kier molecular flexibility index (Phi) is 28.1. The summed E-state index contributed by atoms with van der Waals surface area (Å²) < 4.78 is 40.5. The van der Waals surface area contributed by atoms with Crippen molar-refractivity contribution in [2.45, 2.75) is 0 Å². The van der Waals surface area contributed by atoms with Gasteiger partial charge in [-0.1, -0.05) is 0 Å². The first-order chi connectivity index (χ1) is 4.00. The van der Waals surface area contributed by atoms with E-state index < -0.39 is 18.2 Å². The summed E-state index contributed by atoms with van der Waals surface area (Å²) in [6.45, 7) is 0. The molecular weight excluding hydrogens is 291 g/mol. The van der Waals surface area contributed by atoms with E-state index in [1.807, 2.05) is 0 Å². The van der Waals surface area contributed by atoms with E-state index in [1.165, 1.54) is 0 Å². The molecule has 0 radical (unpaired) electrons. The number of halogens is 1. The maximum Gasteiger partial charge on any atom is 2.00 e. The monoisotopic (exact) mass is 300 g/mol.